The average Bonchev–Trinajstić information content (AvgIpc) is 3.16. The van der Waals surface area contributed by atoms with Crippen molar-refractivity contribution >= 4 is 29.5 Å². The normalized spacial score (nSPS) is 10.7. The maximum atomic E-state index is 12.2. The van der Waals surface area contributed by atoms with E-state index in [-0.39, 0.29) is 37.2 Å². The molecular weight excluding hydrogens is 358 g/mol. The van der Waals surface area contributed by atoms with Crippen LogP contribution in [0.25, 0.3) is 6.08 Å². The SMILES string of the molecule is Cc1cccc(C)c1NC(=O)CN(C)C(=O)CCNC(=O)/C=C/c1ccco1. The summed E-state index contributed by atoms with van der Waals surface area (Å²) in [6, 6.07) is 9.21. The van der Waals surface area contributed by atoms with Crippen molar-refractivity contribution in [2.45, 2.75) is 20.3 Å². The highest BCUT2D eigenvalue weighted by Gasteiger charge is 2.14. The van der Waals surface area contributed by atoms with E-state index in [1.165, 1.54) is 17.2 Å². The van der Waals surface area contributed by atoms with Gasteiger partial charge < -0.3 is 20.0 Å². The highest BCUT2D eigenvalue weighted by Crippen LogP contribution is 2.19. The smallest absolute Gasteiger partial charge is 0.244 e. The Morgan fingerprint density at radius 2 is 1.82 bits per heavy atom. The minimum absolute atomic E-state index is 0.0566. The molecule has 28 heavy (non-hydrogen) atoms. The first-order chi connectivity index (χ1) is 13.4. The van der Waals surface area contributed by atoms with Crippen LogP contribution in [0.3, 0.4) is 0 Å². The van der Waals surface area contributed by atoms with Gasteiger partial charge in [0.05, 0.1) is 12.8 Å². The lowest BCUT2D eigenvalue weighted by Crippen LogP contribution is -2.37. The van der Waals surface area contributed by atoms with Gasteiger partial charge in [-0.1, -0.05) is 18.2 Å². The molecule has 3 amide bonds. The Balaban J connectivity index is 1.73. The van der Waals surface area contributed by atoms with Crippen LogP contribution in [0, 0.1) is 13.8 Å². The fourth-order valence-electron chi connectivity index (χ4n) is 2.58. The summed E-state index contributed by atoms with van der Waals surface area (Å²) < 4.78 is 5.09. The summed E-state index contributed by atoms with van der Waals surface area (Å²) in [5.41, 5.74) is 2.70. The first-order valence-corrected chi connectivity index (χ1v) is 8.96. The van der Waals surface area contributed by atoms with Crippen LogP contribution < -0.4 is 10.6 Å². The molecule has 0 aliphatic carbocycles. The topological polar surface area (TPSA) is 91.7 Å². The van der Waals surface area contributed by atoms with Crippen LogP contribution in [0.4, 0.5) is 5.69 Å². The zero-order chi connectivity index (χ0) is 20.5. The summed E-state index contributed by atoms with van der Waals surface area (Å²) in [6.07, 6.45) is 4.50. The highest BCUT2D eigenvalue weighted by atomic mass is 16.3. The summed E-state index contributed by atoms with van der Waals surface area (Å²) in [5.74, 6) is -0.244. The monoisotopic (exact) mass is 383 g/mol. The molecule has 0 radical (unpaired) electrons. The zero-order valence-electron chi connectivity index (χ0n) is 16.3. The number of para-hydroxylation sites is 1. The van der Waals surface area contributed by atoms with Crippen LogP contribution in [-0.2, 0) is 14.4 Å². The molecule has 1 aromatic heterocycles. The second-order valence-electron chi connectivity index (χ2n) is 6.45. The van der Waals surface area contributed by atoms with E-state index in [9.17, 15) is 14.4 Å². The quantitative estimate of drug-likeness (QED) is 0.685. The Labute approximate surface area is 164 Å². The van der Waals surface area contributed by atoms with Crippen molar-refractivity contribution in [3.63, 3.8) is 0 Å². The van der Waals surface area contributed by atoms with Crippen LogP contribution in [0.5, 0.6) is 0 Å². The fraction of sp³-hybridized carbons (Fsp3) is 0.286. The summed E-state index contributed by atoms with van der Waals surface area (Å²) in [6.45, 7) is 3.96. The van der Waals surface area contributed by atoms with E-state index in [4.69, 9.17) is 4.42 Å². The molecule has 0 bridgehead atoms. The summed E-state index contributed by atoms with van der Waals surface area (Å²) in [7, 11) is 1.56. The van der Waals surface area contributed by atoms with Gasteiger partial charge in [0.15, 0.2) is 0 Å². The highest BCUT2D eigenvalue weighted by molar-refractivity contribution is 5.96. The van der Waals surface area contributed by atoms with Crippen LogP contribution >= 0.6 is 0 Å². The molecule has 0 aliphatic rings. The van der Waals surface area contributed by atoms with Crippen LogP contribution in [-0.4, -0.2) is 42.8 Å². The number of carbonyl (C=O) groups excluding carboxylic acids is 3. The van der Waals surface area contributed by atoms with E-state index >= 15 is 0 Å². The Hall–Kier alpha value is -3.35. The molecule has 2 N–H and O–H groups in total. The van der Waals surface area contributed by atoms with Gasteiger partial charge in [0.1, 0.15) is 5.76 Å². The number of furan rings is 1. The second-order valence-corrected chi connectivity index (χ2v) is 6.45. The number of nitrogens with one attached hydrogen (secondary N) is 2. The van der Waals surface area contributed by atoms with E-state index in [0.29, 0.717) is 5.76 Å². The third kappa shape index (κ3) is 6.42. The first kappa shape index (κ1) is 21.0. The minimum atomic E-state index is -0.320. The minimum Gasteiger partial charge on any atom is -0.465 e. The molecule has 0 saturated heterocycles. The van der Waals surface area contributed by atoms with Gasteiger partial charge in [0.2, 0.25) is 17.7 Å². The molecule has 2 rings (SSSR count). The molecule has 0 unspecified atom stereocenters. The van der Waals surface area contributed by atoms with Gasteiger partial charge in [-0.25, -0.2) is 0 Å². The third-order valence-corrected chi connectivity index (χ3v) is 4.13. The molecule has 1 aromatic carbocycles. The number of nitrogens with zero attached hydrogens (tertiary/aromatic N) is 1. The van der Waals surface area contributed by atoms with E-state index < -0.39 is 0 Å². The van der Waals surface area contributed by atoms with Gasteiger partial charge in [-0.05, 0) is 43.2 Å². The molecule has 2 aromatic rings. The third-order valence-electron chi connectivity index (χ3n) is 4.13. The Kier molecular flexibility index (Phi) is 7.56. The number of carbonyl (C=O) groups is 3. The molecule has 0 saturated carbocycles. The standard InChI is InChI=1S/C21H25N3O4/c1-15-6-4-7-16(2)21(15)23-19(26)14-24(3)20(27)11-12-22-18(25)10-9-17-8-5-13-28-17/h4-10,13H,11-12,14H2,1-3H3,(H,22,25)(H,23,26)/b10-9+. The molecule has 0 fully saturated rings. The molecule has 7 heteroatoms. The molecular formula is C21H25N3O4. The van der Waals surface area contributed by atoms with Crippen LogP contribution in [0.1, 0.15) is 23.3 Å². The fourth-order valence-corrected chi connectivity index (χ4v) is 2.58. The van der Waals surface area contributed by atoms with Gasteiger partial charge in [-0.15, -0.1) is 0 Å². The van der Waals surface area contributed by atoms with Crippen molar-refractivity contribution in [3.8, 4) is 0 Å². The Morgan fingerprint density at radius 1 is 1.11 bits per heavy atom. The number of likely N-dealkylation sites (N-methyl/N-ethyl adjacent to an activating group) is 1. The van der Waals surface area contributed by atoms with Gasteiger partial charge in [0, 0.05) is 31.8 Å². The molecule has 0 aliphatic heterocycles. The maximum absolute atomic E-state index is 12.2. The number of anilines is 1. The number of amides is 3. The maximum Gasteiger partial charge on any atom is 0.244 e. The van der Waals surface area contributed by atoms with Gasteiger partial charge in [-0.3, -0.25) is 14.4 Å². The summed E-state index contributed by atoms with van der Waals surface area (Å²) >= 11 is 0. The largest absolute Gasteiger partial charge is 0.465 e. The molecule has 7 nitrogen and oxygen atoms in total. The Bertz CT molecular complexity index is 836. The summed E-state index contributed by atoms with van der Waals surface area (Å²) in [4.78, 5) is 37.4. The lowest BCUT2D eigenvalue weighted by molar-refractivity contribution is -0.133. The van der Waals surface area contributed by atoms with Crippen LogP contribution in [0.15, 0.2) is 47.1 Å². The van der Waals surface area contributed by atoms with Crippen LogP contribution in [0.2, 0.25) is 0 Å². The number of hydrogen-bond donors (Lipinski definition) is 2. The number of hydrogen-bond acceptors (Lipinski definition) is 4. The van der Waals surface area contributed by atoms with E-state index in [1.54, 1.807) is 25.3 Å². The molecule has 1 heterocycles. The van der Waals surface area contributed by atoms with Crippen molar-refractivity contribution in [3.05, 3.63) is 59.6 Å². The van der Waals surface area contributed by atoms with E-state index in [0.717, 1.165) is 16.8 Å². The predicted molar refractivity (Wildman–Crippen MR) is 108 cm³/mol. The van der Waals surface area contributed by atoms with Crippen molar-refractivity contribution in [2.24, 2.45) is 0 Å². The lowest BCUT2D eigenvalue weighted by Gasteiger charge is -2.18. The zero-order valence-corrected chi connectivity index (χ0v) is 16.3. The van der Waals surface area contributed by atoms with E-state index in [1.807, 2.05) is 32.0 Å². The molecule has 0 spiro atoms. The van der Waals surface area contributed by atoms with Crippen molar-refractivity contribution in [2.75, 3.05) is 25.5 Å². The van der Waals surface area contributed by atoms with Gasteiger partial charge >= 0.3 is 0 Å². The van der Waals surface area contributed by atoms with Gasteiger partial charge in [0.25, 0.3) is 0 Å². The Morgan fingerprint density at radius 3 is 2.46 bits per heavy atom. The van der Waals surface area contributed by atoms with Gasteiger partial charge in [-0.2, -0.15) is 0 Å². The van der Waals surface area contributed by atoms with Crippen molar-refractivity contribution < 1.29 is 18.8 Å². The number of benzene rings is 1. The van der Waals surface area contributed by atoms with Crippen molar-refractivity contribution in [1.29, 1.82) is 0 Å². The number of rotatable bonds is 8. The predicted octanol–water partition coefficient (Wildman–Crippen LogP) is 2.51. The molecule has 148 valence electrons. The number of aryl methyl sites for hydroxylation is 2. The lowest BCUT2D eigenvalue weighted by atomic mass is 10.1. The van der Waals surface area contributed by atoms with Crippen molar-refractivity contribution in [1.82, 2.24) is 10.2 Å². The second kappa shape index (κ2) is 10.1. The average molecular weight is 383 g/mol. The first-order valence-electron chi connectivity index (χ1n) is 8.96. The molecule has 0 atom stereocenters. The summed E-state index contributed by atoms with van der Waals surface area (Å²) in [5, 5.41) is 5.47. The van der Waals surface area contributed by atoms with E-state index in [2.05, 4.69) is 10.6 Å².